The molecule has 2 atom stereocenters. The van der Waals surface area contributed by atoms with Crippen LogP contribution in [0.3, 0.4) is 0 Å². The summed E-state index contributed by atoms with van der Waals surface area (Å²) in [5.41, 5.74) is 2.77. The van der Waals surface area contributed by atoms with Crippen LogP contribution in [0.1, 0.15) is 30.0 Å². The first-order valence-corrected chi connectivity index (χ1v) is 11.3. The van der Waals surface area contributed by atoms with Crippen LogP contribution < -0.4 is 4.90 Å². The van der Waals surface area contributed by atoms with Gasteiger partial charge in [0.1, 0.15) is 0 Å². The van der Waals surface area contributed by atoms with Crippen molar-refractivity contribution in [3.8, 4) is 0 Å². The summed E-state index contributed by atoms with van der Waals surface area (Å²) in [5.74, 6) is -0.195. The quantitative estimate of drug-likeness (QED) is 0.374. The molecule has 3 nitrogen and oxygen atoms in total. The number of carbonyl (C=O) groups is 1. The monoisotopic (exact) mass is 473 g/mol. The summed E-state index contributed by atoms with van der Waals surface area (Å²) < 4.78 is 5.90. The van der Waals surface area contributed by atoms with Gasteiger partial charge in [0.25, 0.3) is 0 Å². The Morgan fingerprint density at radius 3 is 2.29 bits per heavy atom. The van der Waals surface area contributed by atoms with Crippen LogP contribution in [0.2, 0.25) is 15.1 Å². The maximum absolute atomic E-state index is 13.6. The zero-order valence-corrected chi connectivity index (χ0v) is 19.1. The molecule has 0 unspecified atom stereocenters. The van der Waals surface area contributed by atoms with Crippen molar-refractivity contribution in [2.24, 2.45) is 5.92 Å². The van der Waals surface area contributed by atoms with E-state index in [2.05, 4.69) is 0 Å². The summed E-state index contributed by atoms with van der Waals surface area (Å²) in [5, 5.41) is 1.75. The van der Waals surface area contributed by atoms with Crippen molar-refractivity contribution in [2.45, 2.75) is 25.5 Å². The molecule has 1 aliphatic heterocycles. The molecule has 3 aromatic rings. The molecule has 6 heteroatoms. The molecule has 0 radical (unpaired) electrons. The number of ether oxygens (including phenoxy) is 1. The number of rotatable bonds is 6. The van der Waals surface area contributed by atoms with Gasteiger partial charge in [-0.3, -0.25) is 4.79 Å². The lowest BCUT2D eigenvalue weighted by Crippen LogP contribution is -2.45. The van der Waals surface area contributed by atoms with Gasteiger partial charge in [0.15, 0.2) is 0 Å². The molecule has 1 heterocycles. The van der Waals surface area contributed by atoms with Gasteiger partial charge in [-0.05, 0) is 60.4 Å². The SMILES string of the molecule is O=C1[C@H](COCc2ccccc2)CC[C@@H](c2ccc(Cl)cc2Cl)N1c1ccc(Cl)cc1. The van der Waals surface area contributed by atoms with E-state index in [0.29, 0.717) is 28.3 Å². The number of nitrogens with zero attached hydrogens (tertiary/aromatic N) is 1. The van der Waals surface area contributed by atoms with E-state index in [9.17, 15) is 4.79 Å². The molecule has 0 aliphatic carbocycles. The van der Waals surface area contributed by atoms with Gasteiger partial charge in [0.2, 0.25) is 5.91 Å². The number of piperidine rings is 1. The zero-order chi connectivity index (χ0) is 21.8. The largest absolute Gasteiger partial charge is 0.376 e. The lowest BCUT2D eigenvalue weighted by Gasteiger charge is -2.40. The van der Waals surface area contributed by atoms with E-state index in [0.717, 1.165) is 29.7 Å². The molecule has 1 amide bonds. The molecule has 31 heavy (non-hydrogen) atoms. The van der Waals surface area contributed by atoms with Crippen LogP contribution in [0.15, 0.2) is 72.8 Å². The van der Waals surface area contributed by atoms with E-state index < -0.39 is 0 Å². The first-order chi connectivity index (χ1) is 15.0. The summed E-state index contributed by atoms with van der Waals surface area (Å²) >= 11 is 18.7. The highest BCUT2D eigenvalue weighted by Crippen LogP contribution is 2.41. The first-order valence-electron chi connectivity index (χ1n) is 10.2. The topological polar surface area (TPSA) is 29.5 Å². The van der Waals surface area contributed by atoms with Gasteiger partial charge < -0.3 is 9.64 Å². The summed E-state index contributed by atoms with van der Waals surface area (Å²) in [6.45, 7) is 0.858. The summed E-state index contributed by atoms with van der Waals surface area (Å²) in [6.07, 6.45) is 1.50. The Bertz CT molecular complexity index is 1040. The van der Waals surface area contributed by atoms with Crippen molar-refractivity contribution in [3.05, 3.63) is 99.0 Å². The molecular formula is C25H22Cl3NO2. The number of hydrogen-bond acceptors (Lipinski definition) is 2. The maximum Gasteiger partial charge on any atom is 0.232 e. The number of benzene rings is 3. The normalized spacial score (nSPS) is 18.9. The lowest BCUT2D eigenvalue weighted by molar-refractivity contribution is -0.127. The zero-order valence-electron chi connectivity index (χ0n) is 16.8. The van der Waals surface area contributed by atoms with Gasteiger partial charge in [-0.1, -0.05) is 71.2 Å². The summed E-state index contributed by atoms with van der Waals surface area (Å²) in [4.78, 5) is 15.4. The van der Waals surface area contributed by atoms with E-state index in [1.165, 1.54) is 0 Å². The van der Waals surface area contributed by atoms with Crippen LogP contribution in [0.4, 0.5) is 5.69 Å². The molecule has 0 aromatic heterocycles. The Hall–Kier alpha value is -2.04. The second-order valence-corrected chi connectivity index (χ2v) is 8.92. The molecular weight excluding hydrogens is 453 g/mol. The minimum atomic E-state index is -0.221. The highest BCUT2D eigenvalue weighted by molar-refractivity contribution is 6.35. The Morgan fingerprint density at radius 2 is 1.58 bits per heavy atom. The van der Waals surface area contributed by atoms with Crippen LogP contribution in [0.5, 0.6) is 0 Å². The van der Waals surface area contributed by atoms with Crippen molar-refractivity contribution in [2.75, 3.05) is 11.5 Å². The van der Waals surface area contributed by atoms with Crippen LogP contribution >= 0.6 is 34.8 Å². The molecule has 1 saturated heterocycles. The molecule has 0 spiro atoms. The summed E-state index contributed by atoms with van der Waals surface area (Å²) in [6, 6.07) is 22.5. The molecule has 0 bridgehead atoms. The first kappa shape index (κ1) is 22.2. The molecule has 3 aromatic carbocycles. The van der Waals surface area contributed by atoms with Gasteiger partial charge in [-0.2, -0.15) is 0 Å². The number of carbonyl (C=O) groups excluding carboxylic acids is 1. The van der Waals surface area contributed by atoms with E-state index in [1.54, 1.807) is 18.2 Å². The van der Waals surface area contributed by atoms with Gasteiger partial charge in [-0.25, -0.2) is 0 Å². The average molecular weight is 475 g/mol. The third kappa shape index (κ3) is 5.24. The van der Waals surface area contributed by atoms with E-state index in [4.69, 9.17) is 39.5 Å². The Kier molecular flexibility index (Phi) is 7.19. The van der Waals surface area contributed by atoms with E-state index in [-0.39, 0.29) is 17.9 Å². The van der Waals surface area contributed by atoms with Crippen LogP contribution in [0, 0.1) is 5.92 Å². The highest BCUT2D eigenvalue weighted by Gasteiger charge is 2.38. The standard InChI is InChI=1S/C25H22Cl3NO2/c26-19-7-10-21(11-8-19)29-24(22-12-9-20(27)14-23(22)28)13-6-18(25(29)30)16-31-15-17-4-2-1-3-5-17/h1-5,7-12,14,18,24H,6,13,15-16H2/t18-,24-/m0/s1. The fourth-order valence-electron chi connectivity index (χ4n) is 3.99. The fourth-order valence-corrected chi connectivity index (χ4v) is 4.65. The third-order valence-corrected chi connectivity index (χ3v) is 6.36. The Balaban J connectivity index is 1.56. The van der Waals surface area contributed by atoms with Crippen molar-refractivity contribution in [3.63, 3.8) is 0 Å². The number of halogens is 3. The Labute approximate surface area is 197 Å². The number of anilines is 1. The van der Waals surface area contributed by atoms with Crippen LogP contribution in [0.25, 0.3) is 0 Å². The Morgan fingerprint density at radius 1 is 0.871 bits per heavy atom. The van der Waals surface area contributed by atoms with Gasteiger partial charge >= 0.3 is 0 Å². The number of hydrogen-bond donors (Lipinski definition) is 0. The smallest absolute Gasteiger partial charge is 0.232 e. The number of amides is 1. The van der Waals surface area contributed by atoms with Crippen molar-refractivity contribution in [1.82, 2.24) is 0 Å². The van der Waals surface area contributed by atoms with Crippen molar-refractivity contribution < 1.29 is 9.53 Å². The predicted molar refractivity (Wildman–Crippen MR) is 127 cm³/mol. The molecule has 1 fully saturated rings. The highest BCUT2D eigenvalue weighted by atomic mass is 35.5. The molecule has 4 rings (SSSR count). The second-order valence-electron chi connectivity index (χ2n) is 7.64. The van der Waals surface area contributed by atoms with Gasteiger partial charge in [0.05, 0.1) is 25.2 Å². The van der Waals surface area contributed by atoms with E-state index >= 15 is 0 Å². The predicted octanol–water partition coefficient (Wildman–Crippen LogP) is 7.35. The molecule has 0 saturated carbocycles. The van der Waals surface area contributed by atoms with Gasteiger partial charge in [0, 0.05) is 20.8 Å². The molecule has 160 valence electrons. The summed E-state index contributed by atoms with van der Waals surface area (Å²) in [7, 11) is 0. The van der Waals surface area contributed by atoms with E-state index in [1.807, 2.05) is 59.5 Å². The average Bonchev–Trinajstić information content (AvgIpc) is 2.76. The van der Waals surface area contributed by atoms with Crippen LogP contribution in [-0.2, 0) is 16.1 Å². The maximum atomic E-state index is 13.6. The molecule has 0 N–H and O–H groups in total. The van der Waals surface area contributed by atoms with Gasteiger partial charge in [-0.15, -0.1) is 0 Å². The molecule has 1 aliphatic rings. The minimum absolute atomic E-state index is 0.0256. The van der Waals surface area contributed by atoms with Crippen molar-refractivity contribution in [1.29, 1.82) is 0 Å². The lowest BCUT2D eigenvalue weighted by atomic mass is 9.88. The fraction of sp³-hybridized carbons (Fsp3) is 0.240. The minimum Gasteiger partial charge on any atom is -0.376 e. The van der Waals surface area contributed by atoms with Crippen molar-refractivity contribution >= 4 is 46.4 Å². The van der Waals surface area contributed by atoms with Crippen LogP contribution in [-0.4, -0.2) is 12.5 Å². The third-order valence-electron chi connectivity index (χ3n) is 5.54. The second kappa shape index (κ2) is 10.1.